The molecule has 0 spiro atoms. The summed E-state index contributed by atoms with van der Waals surface area (Å²) in [5.74, 6) is 0. The second-order valence-corrected chi connectivity index (χ2v) is 12.3. The minimum Gasteiger partial charge on any atom is -0.391 e. The van der Waals surface area contributed by atoms with Gasteiger partial charge in [-0.2, -0.15) is 0 Å². The van der Waals surface area contributed by atoms with Crippen molar-refractivity contribution in [2.75, 3.05) is 26.4 Å². The second-order valence-electron chi connectivity index (χ2n) is 5.75. The van der Waals surface area contributed by atoms with Crippen LogP contribution in [0.4, 0.5) is 0 Å². The fourth-order valence-corrected chi connectivity index (χ4v) is 10.9. The average molecular weight is 375 g/mol. The maximum atomic E-state index is 6.24. The molecule has 0 N–H and O–H groups in total. The highest BCUT2D eigenvalue weighted by molar-refractivity contribution is 6.80. The zero-order valence-electron chi connectivity index (χ0n) is 16.9. The van der Waals surface area contributed by atoms with E-state index in [4.69, 9.17) is 17.7 Å². The maximum Gasteiger partial charge on any atom is 0.367 e. The third kappa shape index (κ3) is 5.93. The molecule has 4 nitrogen and oxygen atoms in total. The smallest absolute Gasteiger partial charge is 0.367 e. The lowest BCUT2D eigenvalue weighted by atomic mass is 10.3. The maximum absolute atomic E-state index is 6.24. The Hall–Kier alpha value is -0.246. The van der Waals surface area contributed by atoms with Crippen LogP contribution >= 0.6 is 0 Å². The first kappa shape index (κ1) is 23.8. The van der Waals surface area contributed by atoms with Crippen molar-refractivity contribution in [2.45, 2.75) is 66.5 Å². The van der Waals surface area contributed by atoms with Crippen LogP contribution in [-0.2, 0) is 17.7 Å². The Balaban J connectivity index is 5.89. The number of hydrogen-bond donors (Lipinski definition) is 0. The number of hydrogen-bond acceptors (Lipinski definition) is 4. The third-order valence-corrected chi connectivity index (χ3v) is 12.7. The number of allylic oxidation sites excluding steroid dienone is 2. The van der Waals surface area contributed by atoms with Crippen LogP contribution in [0.15, 0.2) is 23.6 Å². The van der Waals surface area contributed by atoms with Crippen molar-refractivity contribution in [1.82, 2.24) is 0 Å². The van der Waals surface area contributed by atoms with Gasteiger partial charge in [0, 0.05) is 37.5 Å². The van der Waals surface area contributed by atoms with Crippen molar-refractivity contribution >= 4 is 17.1 Å². The summed E-state index contributed by atoms with van der Waals surface area (Å²) in [6.45, 7) is 19.2. The van der Waals surface area contributed by atoms with Crippen LogP contribution < -0.4 is 0 Å². The molecule has 6 heteroatoms. The summed E-state index contributed by atoms with van der Waals surface area (Å²) in [6, 6.07) is 0. The summed E-state index contributed by atoms with van der Waals surface area (Å²) < 4.78 is 25.0. The fourth-order valence-electron chi connectivity index (χ4n) is 3.17. The molecule has 0 aromatic carbocycles. The molecule has 0 rings (SSSR count). The minimum absolute atomic E-state index is 0.217. The van der Waals surface area contributed by atoms with Crippen LogP contribution in [0.1, 0.15) is 55.4 Å². The van der Waals surface area contributed by atoms with E-state index in [1.165, 1.54) is 0 Å². The predicted molar refractivity (Wildman–Crippen MR) is 106 cm³/mol. The van der Waals surface area contributed by atoms with E-state index >= 15 is 0 Å². The summed E-state index contributed by atoms with van der Waals surface area (Å²) in [6.07, 6.45) is 4.11. The van der Waals surface area contributed by atoms with Crippen LogP contribution in [0, 0.1) is 0 Å². The Morgan fingerprint density at radius 2 is 0.875 bits per heavy atom. The van der Waals surface area contributed by atoms with Crippen molar-refractivity contribution in [1.29, 1.82) is 0 Å². The molecule has 0 saturated carbocycles. The van der Waals surface area contributed by atoms with E-state index < -0.39 is 17.1 Å². The van der Waals surface area contributed by atoms with Gasteiger partial charge in [0.05, 0.1) is 0 Å². The van der Waals surface area contributed by atoms with Crippen molar-refractivity contribution in [3.05, 3.63) is 23.6 Å². The van der Waals surface area contributed by atoms with E-state index in [0.29, 0.717) is 26.4 Å². The van der Waals surface area contributed by atoms with Crippen LogP contribution in [0.3, 0.4) is 0 Å². The van der Waals surface area contributed by atoms with E-state index in [0.717, 1.165) is 0 Å². The Morgan fingerprint density at radius 1 is 0.625 bits per heavy atom. The van der Waals surface area contributed by atoms with Gasteiger partial charge in [-0.25, -0.2) is 0 Å². The molecule has 24 heavy (non-hydrogen) atoms. The highest BCUT2D eigenvalue weighted by atomic mass is 28.4. The number of rotatable bonds is 13. The Kier molecular flexibility index (Phi) is 12.0. The van der Waals surface area contributed by atoms with E-state index in [9.17, 15) is 0 Å². The lowest BCUT2D eigenvalue weighted by Crippen LogP contribution is -2.53. The molecule has 0 aliphatic carbocycles. The van der Waals surface area contributed by atoms with E-state index in [-0.39, 0.29) is 11.1 Å². The Bertz CT molecular complexity index is 337. The monoisotopic (exact) mass is 374 g/mol. The van der Waals surface area contributed by atoms with Crippen LogP contribution in [-0.4, -0.2) is 43.5 Å². The van der Waals surface area contributed by atoms with E-state index in [2.05, 4.69) is 37.4 Å². The topological polar surface area (TPSA) is 36.9 Å². The van der Waals surface area contributed by atoms with Gasteiger partial charge < -0.3 is 17.7 Å². The van der Waals surface area contributed by atoms with Gasteiger partial charge in [-0.15, -0.1) is 0 Å². The highest BCUT2D eigenvalue weighted by Gasteiger charge is 2.53. The standard InChI is InChI=1S/C18H38O4Si2/c1-9-15-23(19-11-3,20-12-4)17(7)18(8)24(16-10-2,21-13-5)22-14-6/h9-10,15-18H,11-14H2,1-8H3. The zero-order valence-corrected chi connectivity index (χ0v) is 18.9. The second kappa shape index (κ2) is 12.2. The molecule has 0 radical (unpaired) electrons. The lowest BCUT2D eigenvalue weighted by Gasteiger charge is -2.41. The molecular weight excluding hydrogens is 336 g/mol. The van der Waals surface area contributed by atoms with Crippen molar-refractivity contribution < 1.29 is 17.7 Å². The summed E-state index contributed by atoms with van der Waals surface area (Å²) in [5.41, 5.74) is 4.76. The summed E-state index contributed by atoms with van der Waals surface area (Å²) >= 11 is 0. The summed E-state index contributed by atoms with van der Waals surface area (Å²) in [7, 11) is -5.00. The first-order valence-corrected chi connectivity index (χ1v) is 13.2. The molecule has 0 aliphatic heterocycles. The van der Waals surface area contributed by atoms with Gasteiger partial charge in [0.1, 0.15) is 0 Å². The van der Waals surface area contributed by atoms with Crippen molar-refractivity contribution in [3.63, 3.8) is 0 Å². The molecule has 2 atom stereocenters. The van der Waals surface area contributed by atoms with Gasteiger partial charge in [-0.3, -0.25) is 0 Å². The van der Waals surface area contributed by atoms with Crippen LogP contribution in [0.25, 0.3) is 0 Å². The van der Waals surface area contributed by atoms with Gasteiger partial charge in [0.2, 0.25) is 0 Å². The van der Waals surface area contributed by atoms with Crippen molar-refractivity contribution in [2.24, 2.45) is 0 Å². The zero-order chi connectivity index (χ0) is 18.6. The van der Waals surface area contributed by atoms with Gasteiger partial charge in [-0.1, -0.05) is 26.0 Å². The van der Waals surface area contributed by atoms with E-state index in [1.54, 1.807) is 0 Å². The quantitative estimate of drug-likeness (QED) is 0.424. The van der Waals surface area contributed by atoms with Gasteiger partial charge in [0.25, 0.3) is 0 Å². The predicted octanol–water partition coefficient (Wildman–Crippen LogP) is 5.03. The molecule has 0 aromatic heterocycles. The first-order valence-electron chi connectivity index (χ1n) is 9.26. The largest absolute Gasteiger partial charge is 0.391 e. The molecule has 0 aromatic rings. The van der Waals surface area contributed by atoms with Crippen LogP contribution in [0.2, 0.25) is 11.1 Å². The Morgan fingerprint density at radius 3 is 1.04 bits per heavy atom. The molecule has 0 amide bonds. The molecule has 2 unspecified atom stereocenters. The molecule has 142 valence electrons. The SMILES string of the molecule is CC=C[Si](OCC)(OCC)C(C)C(C)[Si](C=CC)(OCC)OCC. The van der Waals surface area contributed by atoms with Gasteiger partial charge in [-0.05, 0) is 52.9 Å². The first-order chi connectivity index (χ1) is 11.4. The van der Waals surface area contributed by atoms with E-state index in [1.807, 2.05) is 41.5 Å². The molecule has 0 fully saturated rings. The van der Waals surface area contributed by atoms with Gasteiger partial charge in [0.15, 0.2) is 0 Å². The molecule has 0 aliphatic rings. The molecule has 0 heterocycles. The Labute approximate surface area is 151 Å². The lowest BCUT2D eigenvalue weighted by molar-refractivity contribution is 0.165. The molecule has 0 bridgehead atoms. The van der Waals surface area contributed by atoms with Crippen LogP contribution in [0.5, 0.6) is 0 Å². The normalized spacial score (nSPS) is 16.2. The minimum atomic E-state index is -2.50. The average Bonchev–Trinajstić information content (AvgIpc) is 2.54. The fraction of sp³-hybridized carbons (Fsp3) is 0.778. The van der Waals surface area contributed by atoms with Crippen molar-refractivity contribution in [3.8, 4) is 0 Å². The highest BCUT2D eigenvalue weighted by Crippen LogP contribution is 2.43. The van der Waals surface area contributed by atoms with Gasteiger partial charge >= 0.3 is 17.1 Å². The summed E-state index contributed by atoms with van der Waals surface area (Å²) in [5, 5.41) is 0. The molecular formula is C18H38O4Si2. The summed E-state index contributed by atoms with van der Waals surface area (Å²) in [4.78, 5) is 0. The third-order valence-electron chi connectivity index (χ3n) is 4.30. The molecule has 0 saturated heterocycles.